The molecule has 0 saturated heterocycles. The maximum absolute atomic E-state index is 12.6. The number of aliphatic imine (C=N–C) groups is 1. The Morgan fingerprint density at radius 2 is 2.11 bits per heavy atom. The van der Waals surface area contributed by atoms with Crippen molar-refractivity contribution in [1.29, 1.82) is 0 Å². The molecular formula is C26H32Cl2N6O2S. The lowest BCUT2D eigenvalue weighted by Crippen LogP contribution is -2.38. The van der Waals surface area contributed by atoms with E-state index < -0.39 is 16.4 Å². The summed E-state index contributed by atoms with van der Waals surface area (Å²) in [6.07, 6.45) is 4.73. The Morgan fingerprint density at radius 3 is 2.86 bits per heavy atom. The van der Waals surface area contributed by atoms with E-state index in [1.807, 2.05) is 31.1 Å². The van der Waals surface area contributed by atoms with Crippen LogP contribution in [-0.2, 0) is 40.6 Å². The van der Waals surface area contributed by atoms with Gasteiger partial charge in [-0.05, 0) is 50.6 Å². The molecule has 8 nitrogen and oxygen atoms in total. The number of likely N-dealkylation sites (N-methyl/N-ethyl adjacent to an activating group) is 1. The Balaban J connectivity index is 1.52. The topological polar surface area (TPSA) is 96.9 Å². The minimum Gasteiger partial charge on any atom is -0.400 e. The van der Waals surface area contributed by atoms with Crippen LogP contribution < -0.4 is 10.6 Å². The summed E-state index contributed by atoms with van der Waals surface area (Å²) < 4.78 is 19.2. The fourth-order valence-electron chi connectivity index (χ4n) is 5.45. The summed E-state index contributed by atoms with van der Waals surface area (Å²) in [5.41, 5.74) is 11.2. The van der Waals surface area contributed by atoms with Crippen LogP contribution in [0.3, 0.4) is 0 Å². The number of anilines is 1. The third-order valence-corrected chi connectivity index (χ3v) is 8.70. The summed E-state index contributed by atoms with van der Waals surface area (Å²) in [6.45, 7) is 2.74. The Kier molecular flexibility index (Phi) is 7.62. The molecular weight excluding hydrogens is 531 g/mol. The van der Waals surface area contributed by atoms with Gasteiger partial charge in [-0.25, -0.2) is 9.97 Å². The molecule has 2 atom stereocenters. The highest BCUT2D eigenvalue weighted by Gasteiger charge is 2.45. The molecule has 0 bridgehead atoms. The van der Waals surface area contributed by atoms with Crippen LogP contribution in [0, 0.1) is 0 Å². The number of ether oxygens (including phenoxy) is 1. The molecule has 2 N–H and O–H groups in total. The molecule has 5 rings (SSSR count). The molecule has 0 saturated carbocycles. The first kappa shape index (κ1) is 26.6. The zero-order chi connectivity index (χ0) is 26.3. The number of aromatic nitrogens is 2. The van der Waals surface area contributed by atoms with Gasteiger partial charge in [-0.2, -0.15) is 0 Å². The second kappa shape index (κ2) is 10.6. The van der Waals surface area contributed by atoms with Gasteiger partial charge in [0, 0.05) is 48.6 Å². The number of hydrogen-bond acceptors (Lipinski definition) is 8. The van der Waals surface area contributed by atoms with Gasteiger partial charge in [-0.1, -0.05) is 35.3 Å². The van der Waals surface area contributed by atoms with Crippen molar-refractivity contribution in [1.82, 2.24) is 14.9 Å². The summed E-state index contributed by atoms with van der Waals surface area (Å²) in [7, 11) is 2.55. The lowest BCUT2D eigenvalue weighted by atomic mass is 9.87. The predicted octanol–water partition coefficient (Wildman–Crippen LogP) is 3.40. The summed E-state index contributed by atoms with van der Waals surface area (Å²) in [6, 6.07) is 6.00. The lowest BCUT2D eigenvalue weighted by Gasteiger charge is -2.37. The quantitative estimate of drug-likeness (QED) is 0.557. The van der Waals surface area contributed by atoms with Crippen molar-refractivity contribution in [3.8, 4) is 0 Å². The molecule has 0 amide bonds. The first-order chi connectivity index (χ1) is 17.7. The molecule has 3 aliphatic rings. The van der Waals surface area contributed by atoms with Crippen LogP contribution in [-0.4, -0.2) is 71.3 Å². The van der Waals surface area contributed by atoms with Crippen molar-refractivity contribution in [3.63, 3.8) is 0 Å². The van der Waals surface area contributed by atoms with E-state index in [1.54, 1.807) is 6.26 Å². The van der Waals surface area contributed by atoms with Crippen LogP contribution in [0.15, 0.2) is 39.1 Å². The Morgan fingerprint density at radius 1 is 1.30 bits per heavy atom. The molecule has 0 radical (unpaired) electrons. The number of nitrogens with zero attached hydrogens (tertiary/aromatic N) is 5. The minimum absolute atomic E-state index is 0.326. The number of fused-ring (bicyclic) bond motifs is 3. The summed E-state index contributed by atoms with van der Waals surface area (Å²) >= 11 is 13.2. The van der Waals surface area contributed by atoms with Gasteiger partial charge in [0.05, 0.1) is 46.0 Å². The zero-order valence-electron chi connectivity index (χ0n) is 21.4. The molecule has 198 valence electrons. The third-order valence-electron chi connectivity index (χ3n) is 7.19. The van der Waals surface area contributed by atoms with Gasteiger partial charge >= 0.3 is 0 Å². The Labute approximate surface area is 230 Å². The van der Waals surface area contributed by atoms with Gasteiger partial charge in [-0.15, -0.1) is 0 Å². The second-order valence-electron chi connectivity index (χ2n) is 10.1. The largest absolute Gasteiger partial charge is 0.400 e. The van der Waals surface area contributed by atoms with E-state index in [4.69, 9.17) is 48.6 Å². The maximum atomic E-state index is 12.6. The number of hydrogen-bond donors (Lipinski definition) is 1. The first-order valence-electron chi connectivity index (χ1n) is 12.4. The summed E-state index contributed by atoms with van der Waals surface area (Å²) in [4.78, 5) is 18.4. The van der Waals surface area contributed by atoms with Crippen LogP contribution in [0.5, 0.6) is 0 Å². The first-order valence-corrected chi connectivity index (χ1v) is 14.7. The number of rotatable bonds is 5. The van der Waals surface area contributed by atoms with Gasteiger partial charge in [0.2, 0.25) is 5.16 Å². The van der Waals surface area contributed by atoms with Gasteiger partial charge in [0.15, 0.2) is 0 Å². The molecule has 1 unspecified atom stereocenters. The fraction of sp³-hybridized carbons (Fsp3) is 0.500. The van der Waals surface area contributed by atoms with Crippen LogP contribution >= 0.6 is 23.2 Å². The standard InChI is InChI=1S/C26H32Cl2N6O2S/c1-33(2)13-20(29)23(28)22-14-34(11-5-10-30-22)24-17-15-36-26(12-21(17)31-25(32-24)37(3)35)9-8-16-18(26)6-4-7-19(16)27/h4,6-7H,5,8-15,29H2,1-3H3/t26-,37?/m0/s1. The highest BCUT2D eigenvalue weighted by atomic mass is 35.5. The van der Waals surface area contributed by atoms with Crippen LogP contribution in [0.25, 0.3) is 0 Å². The number of nitrogens with two attached hydrogens (primary N) is 1. The van der Waals surface area contributed by atoms with Crippen molar-refractivity contribution in [2.24, 2.45) is 10.7 Å². The molecule has 1 aliphatic carbocycles. The van der Waals surface area contributed by atoms with Crippen LogP contribution in [0.4, 0.5) is 5.82 Å². The fourth-order valence-corrected chi connectivity index (χ4v) is 6.35. The smallest absolute Gasteiger partial charge is 0.220 e. The number of halogens is 2. The molecule has 0 fully saturated rings. The van der Waals surface area contributed by atoms with E-state index in [9.17, 15) is 4.21 Å². The number of benzene rings is 1. The molecule has 1 aromatic heterocycles. The van der Waals surface area contributed by atoms with Crippen molar-refractivity contribution < 1.29 is 8.95 Å². The molecule has 1 spiro atoms. The van der Waals surface area contributed by atoms with E-state index >= 15 is 0 Å². The van der Waals surface area contributed by atoms with Gasteiger partial charge in [0.25, 0.3) is 0 Å². The van der Waals surface area contributed by atoms with E-state index in [-0.39, 0.29) is 0 Å². The van der Waals surface area contributed by atoms with Crippen molar-refractivity contribution in [3.05, 3.63) is 56.3 Å². The van der Waals surface area contributed by atoms with E-state index in [1.165, 1.54) is 0 Å². The zero-order valence-corrected chi connectivity index (χ0v) is 23.7. The molecule has 11 heteroatoms. The predicted molar refractivity (Wildman–Crippen MR) is 149 cm³/mol. The normalized spacial score (nSPS) is 22.9. The molecule has 2 aliphatic heterocycles. The second-order valence-corrected chi connectivity index (χ2v) is 12.2. The van der Waals surface area contributed by atoms with Gasteiger partial charge in [0.1, 0.15) is 5.82 Å². The SMILES string of the molecule is CN(C)CC(N)=C(Cl)C1=NCCCN(c2nc(S(C)=O)nc3c2CO[C@@]2(CCc4c(Cl)cccc42)C3)C1. The Bertz CT molecular complexity index is 1310. The maximum Gasteiger partial charge on any atom is 0.220 e. The Hall–Kier alpha value is -2.04. The highest BCUT2D eigenvalue weighted by Crippen LogP contribution is 2.48. The third kappa shape index (κ3) is 5.16. The molecule has 1 aromatic carbocycles. The van der Waals surface area contributed by atoms with Crippen LogP contribution in [0.2, 0.25) is 5.02 Å². The van der Waals surface area contributed by atoms with Crippen molar-refractivity contribution in [2.45, 2.75) is 43.0 Å². The summed E-state index contributed by atoms with van der Waals surface area (Å²) in [5.74, 6) is 0.736. The van der Waals surface area contributed by atoms with E-state index in [0.717, 1.165) is 64.7 Å². The average molecular weight is 564 g/mol. The van der Waals surface area contributed by atoms with Crippen molar-refractivity contribution >= 4 is 45.5 Å². The van der Waals surface area contributed by atoms with Crippen molar-refractivity contribution in [2.75, 3.05) is 51.4 Å². The molecule has 37 heavy (non-hydrogen) atoms. The molecule has 3 heterocycles. The highest BCUT2D eigenvalue weighted by molar-refractivity contribution is 7.84. The molecule has 2 aromatic rings. The van der Waals surface area contributed by atoms with E-state index in [2.05, 4.69) is 11.0 Å². The lowest BCUT2D eigenvalue weighted by molar-refractivity contribution is -0.0730. The minimum atomic E-state index is -1.34. The van der Waals surface area contributed by atoms with E-state index in [0.29, 0.717) is 48.5 Å². The average Bonchev–Trinajstić information content (AvgIpc) is 3.04. The van der Waals surface area contributed by atoms with Gasteiger partial charge in [-0.3, -0.25) is 9.20 Å². The monoisotopic (exact) mass is 562 g/mol. The van der Waals surface area contributed by atoms with Crippen LogP contribution in [0.1, 0.15) is 35.2 Å². The summed E-state index contributed by atoms with van der Waals surface area (Å²) in [5, 5.41) is 1.58. The van der Waals surface area contributed by atoms with Gasteiger partial charge < -0.3 is 20.3 Å².